The number of thiophene rings is 1. The highest BCUT2D eigenvalue weighted by atomic mass is 127. The summed E-state index contributed by atoms with van der Waals surface area (Å²) in [6.07, 6.45) is 0. The van der Waals surface area contributed by atoms with Gasteiger partial charge in [-0.15, -0.1) is 35.3 Å². The fourth-order valence-electron chi connectivity index (χ4n) is 2.55. The Kier molecular flexibility index (Phi) is 11.6. The molecular formula is C20H31IN4S. The van der Waals surface area contributed by atoms with Crippen molar-refractivity contribution in [1.29, 1.82) is 0 Å². The monoisotopic (exact) mass is 486 g/mol. The molecule has 2 aromatic rings. The highest BCUT2D eigenvalue weighted by Crippen LogP contribution is 2.09. The lowest BCUT2D eigenvalue weighted by atomic mass is 10.1. The molecule has 0 radical (unpaired) electrons. The smallest absolute Gasteiger partial charge is 0.191 e. The number of rotatable bonds is 9. The Balaban J connectivity index is 0.00000338. The van der Waals surface area contributed by atoms with Crippen LogP contribution in [0.4, 0.5) is 0 Å². The van der Waals surface area contributed by atoms with Gasteiger partial charge < -0.3 is 10.6 Å². The maximum Gasteiger partial charge on any atom is 0.191 e. The largest absolute Gasteiger partial charge is 0.357 e. The van der Waals surface area contributed by atoms with E-state index in [4.69, 9.17) is 4.99 Å². The predicted octanol–water partition coefficient (Wildman–Crippen LogP) is 4.46. The van der Waals surface area contributed by atoms with Gasteiger partial charge in [0, 0.05) is 18.0 Å². The van der Waals surface area contributed by atoms with Crippen LogP contribution in [0.1, 0.15) is 36.8 Å². The minimum Gasteiger partial charge on any atom is -0.357 e. The van der Waals surface area contributed by atoms with Gasteiger partial charge in [-0.05, 0) is 42.6 Å². The molecule has 0 spiro atoms. The summed E-state index contributed by atoms with van der Waals surface area (Å²) >= 11 is 1.76. The molecule has 0 aliphatic carbocycles. The molecule has 1 aromatic carbocycles. The Hall–Kier alpha value is -1.12. The maximum atomic E-state index is 4.69. The number of nitrogens with zero attached hydrogens (tertiary/aromatic N) is 2. The van der Waals surface area contributed by atoms with E-state index in [1.54, 1.807) is 11.3 Å². The summed E-state index contributed by atoms with van der Waals surface area (Å²) in [5.41, 5.74) is 2.59. The summed E-state index contributed by atoms with van der Waals surface area (Å²) in [6.45, 7) is 12.0. The predicted molar refractivity (Wildman–Crippen MR) is 124 cm³/mol. The Morgan fingerprint density at radius 3 is 2.27 bits per heavy atom. The molecule has 2 N–H and O–H groups in total. The summed E-state index contributed by atoms with van der Waals surface area (Å²) in [4.78, 5) is 8.43. The summed E-state index contributed by atoms with van der Waals surface area (Å²) in [7, 11) is 0. The second kappa shape index (κ2) is 13.1. The van der Waals surface area contributed by atoms with E-state index in [2.05, 4.69) is 78.1 Å². The van der Waals surface area contributed by atoms with Crippen LogP contribution in [0.5, 0.6) is 0 Å². The molecule has 0 atom stereocenters. The van der Waals surface area contributed by atoms with Crippen LogP contribution in [-0.4, -0.2) is 30.5 Å². The zero-order valence-corrected chi connectivity index (χ0v) is 19.1. The maximum absolute atomic E-state index is 4.69. The topological polar surface area (TPSA) is 39.7 Å². The molecule has 0 bridgehead atoms. The fourth-order valence-corrected chi connectivity index (χ4v) is 3.20. The first-order valence-corrected chi connectivity index (χ1v) is 9.97. The number of hydrogen-bond donors (Lipinski definition) is 2. The molecule has 26 heavy (non-hydrogen) atoms. The van der Waals surface area contributed by atoms with Gasteiger partial charge in [0.2, 0.25) is 0 Å². The second-order valence-electron chi connectivity index (χ2n) is 5.91. The molecule has 0 aliphatic heterocycles. The number of hydrogen-bond acceptors (Lipinski definition) is 3. The van der Waals surface area contributed by atoms with E-state index in [0.717, 1.165) is 38.7 Å². The quantitative estimate of drug-likeness (QED) is 0.312. The van der Waals surface area contributed by atoms with Crippen LogP contribution in [0, 0.1) is 0 Å². The standard InChI is InChI=1S/C20H30N4S.HI/c1-4-21-20(23-15-19-8-7-13-25-19)22-14-17-9-11-18(12-10-17)16-24(5-2)6-3;/h7-13H,4-6,14-16H2,1-3H3,(H2,21,22,23);1H. The second-order valence-corrected chi connectivity index (χ2v) is 6.94. The molecule has 1 aromatic heterocycles. The van der Waals surface area contributed by atoms with E-state index in [0.29, 0.717) is 6.54 Å². The van der Waals surface area contributed by atoms with Gasteiger partial charge >= 0.3 is 0 Å². The van der Waals surface area contributed by atoms with Crippen molar-refractivity contribution in [3.05, 3.63) is 57.8 Å². The average molecular weight is 486 g/mol. The molecule has 4 nitrogen and oxygen atoms in total. The molecule has 0 unspecified atom stereocenters. The van der Waals surface area contributed by atoms with Crippen LogP contribution in [0.3, 0.4) is 0 Å². The number of benzene rings is 1. The van der Waals surface area contributed by atoms with Gasteiger partial charge in [-0.1, -0.05) is 44.2 Å². The molecule has 0 fully saturated rings. The van der Waals surface area contributed by atoms with Crippen molar-refractivity contribution >= 4 is 41.3 Å². The summed E-state index contributed by atoms with van der Waals surface area (Å²) in [5, 5.41) is 8.79. The van der Waals surface area contributed by atoms with Gasteiger partial charge in [0.25, 0.3) is 0 Å². The van der Waals surface area contributed by atoms with E-state index in [1.165, 1.54) is 16.0 Å². The van der Waals surface area contributed by atoms with Crippen molar-refractivity contribution in [2.24, 2.45) is 4.99 Å². The lowest BCUT2D eigenvalue weighted by Gasteiger charge is -2.18. The third kappa shape index (κ3) is 8.05. The van der Waals surface area contributed by atoms with Crippen LogP contribution >= 0.6 is 35.3 Å². The minimum atomic E-state index is 0. The molecule has 2 rings (SSSR count). The molecule has 0 saturated carbocycles. The van der Waals surface area contributed by atoms with Crippen LogP contribution in [-0.2, 0) is 19.6 Å². The van der Waals surface area contributed by atoms with Gasteiger partial charge in [0.15, 0.2) is 5.96 Å². The number of guanidine groups is 1. The zero-order chi connectivity index (χ0) is 17.9. The Labute approximate surface area is 179 Å². The Morgan fingerprint density at radius 2 is 1.69 bits per heavy atom. The molecule has 1 heterocycles. The normalized spacial score (nSPS) is 11.3. The third-order valence-corrected chi connectivity index (χ3v) is 4.97. The van der Waals surface area contributed by atoms with Gasteiger partial charge in [0.05, 0.1) is 13.1 Å². The first-order chi connectivity index (χ1) is 12.2. The van der Waals surface area contributed by atoms with Gasteiger partial charge in [-0.3, -0.25) is 4.90 Å². The van der Waals surface area contributed by atoms with Crippen molar-refractivity contribution < 1.29 is 0 Å². The zero-order valence-electron chi connectivity index (χ0n) is 16.0. The van der Waals surface area contributed by atoms with E-state index in [9.17, 15) is 0 Å². The molecular weight excluding hydrogens is 455 g/mol. The fraction of sp³-hybridized carbons (Fsp3) is 0.450. The number of nitrogens with one attached hydrogen (secondary N) is 2. The highest BCUT2D eigenvalue weighted by Gasteiger charge is 2.02. The molecule has 0 amide bonds. The first-order valence-electron chi connectivity index (χ1n) is 9.09. The molecule has 6 heteroatoms. The first kappa shape index (κ1) is 22.9. The van der Waals surface area contributed by atoms with E-state index >= 15 is 0 Å². The molecule has 0 saturated heterocycles. The Morgan fingerprint density at radius 1 is 1.00 bits per heavy atom. The lowest BCUT2D eigenvalue weighted by Crippen LogP contribution is -2.36. The third-order valence-electron chi connectivity index (χ3n) is 4.10. The van der Waals surface area contributed by atoms with E-state index in [1.807, 2.05) is 0 Å². The summed E-state index contributed by atoms with van der Waals surface area (Å²) in [6, 6.07) is 13.0. The lowest BCUT2D eigenvalue weighted by molar-refractivity contribution is 0.296. The van der Waals surface area contributed by atoms with Crippen LogP contribution in [0.15, 0.2) is 46.8 Å². The van der Waals surface area contributed by atoms with Crippen molar-refractivity contribution in [3.63, 3.8) is 0 Å². The summed E-state index contributed by atoms with van der Waals surface area (Å²) < 4.78 is 0. The van der Waals surface area contributed by atoms with Crippen molar-refractivity contribution in [2.75, 3.05) is 19.6 Å². The van der Waals surface area contributed by atoms with Crippen molar-refractivity contribution in [1.82, 2.24) is 15.5 Å². The number of halogens is 1. The molecule has 144 valence electrons. The van der Waals surface area contributed by atoms with Gasteiger partial charge in [0.1, 0.15) is 0 Å². The van der Waals surface area contributed by atoms with E-state index < -0.39 is 0 Å². The molecule has 0 aliphatic rings. The number of aliphatic imine (C=N–C) groups is 1. The van der Waals surface area contributed by atoms with Crippen molar-refractivity contribution in [2.45, 2.75) is 40.4 Å². The van der Waals surface area contributed by atoms with Crippen LogP contribution in [0.25, 0.3) is 0 Å². The summed E-state index contributed by atoms with van der Waals surface area (Å²) in [5.74, 6) is 0.864. The van der Waals surface area contributed by atoms with Crippen LogP contribution < -0.4 is 10.6 Å². The SMILES string of the molecule is CCNC(=NCc1ccc(CN(CC)CC)cc1)NCc1cccs1.I. The minimum absolute atomic E-state index is 0. The Bertz CT molecular complexity index is 622. The van der Waals surface area contributed by atoms with Gasteiger partial charge in [-0.2, -0.15) is 0 Å². The van der Waals surface area contributed by atoms with E-state index in [-0.39, 0.29) is 24.0 Å². The van der Waals surface area contributed by atoms with Gasteiger partial charge in [-0.25, -0.2) is 4.99 Å². The average Bonchev–Trinajstić information content (AvgIpc) is 3.16. The van der Waals surface area contributed by atoms with Crippen molar-refractivity contribution in [3.8, 4) is 0 Å². The van der Waals surface area contributed by atoms with Crippen LogP contribution in [0.2, 0.25) is 0 Å². The highest BCUT2D eigenvalue weighted by molar-refractivity contribution is 14.0.